The van der Waals surface area contributed by atoms with E-state index >= 15 is 0 Å². The Bertz CT molecular complexity index is 669. The first-order valence-corrected chi connectivity index (χ1v) is 7.41. The van der Waals surface area contributed by atoms with E-state index in [1.165, 1.54) is 11.3 Å². The molecule has 0 radical (unpaired) electrons. The van der Waals surface area contributed by atoms with Gasteiger partial charge in [-0.25, -0.2) is 0 Å². The summed E-state index contributed by atoms with van der Waals surface area (Å²) in [5, 5.41) is 4.19. The van der Waals surface area contributed by atoms with Crippen LogP contribution < -0.4 is 5.32 Å². The smallest absolute Gasteiger partial charge is 0.325 e. The third-order valence-corrected chi connectivity index (χ3v) is 4.39. The molecule has 1 aromatic carbocycles. The molecule has 7 heteroatoms. The largest absolute Gasteiger partial charge is 0.465 e. The monoisotopic (exact) mass is 331 g/mol. The maximum absolute atomic E-state index is 12.0. The van der Waals surface area contributed by atoms with E-state index < -0.39 is 11.9 Å². The van der Waals surface area contributed by atoms with Gasteiger partial charge in [0.1, 0.15) is 11.4 Å². The molecular formula is C13H11Cl2NO3S. The lowest BCUT2D eigenvalue weighted by Crippen LogP contribution is -2.30. The highest BCUT2D eigenvalue weighted by molar-refractivity contribution is 7.21. The number of halogens is 2. The second kappa shape index (κ2) is 6.43. The first-order chi connectivity index (χ1) is 9.52. The molecule has 1 N–H and O–H groups in total. The van der Waals surface area contributed by atoms with Crippen LogP contribution in [0.4, 0.5) is 0 Å². The van der Waals surface area contributed by atoms with Gasteiger partial charge in [-0.3, -0.25) is 9.59 Å². The van der Waals surface area contributed by atoms with Crippen LogP contribution in [0.1, 0.15) is 16.6 Å². The number of carbonyl (C=O) groups excluding carboxylic acids is 2. The Kier molecular flexibility index (Phi) is 4.86. The second-order valence-electron chi connectivity index (χ2n) is 3.87. The van der Waals surface area contributed by atoms with Crippen LogP contribution in [0.25, 0.3) is 10.1 Å². The molecule has 1 aromatic heterocycles. The van der Waals surface area contributed by atoms with Crippen molar-refractivity contribution in [2.75, 3.05) is 13.2 Å². The van der Waals surface area contributed by atoms with E-state index in [1.807, 2.05) is 0 Å². The van der Waals surface area contributed by atoms with Crippen molar-refractivity contribution in [3.8, 4) is 0 Å². The Morgan fingerprint density at radius 2 is 2.10 bits per heavy atom. The molecule has 0 fully saturated rings. The summed E-state index contributed by atoms with van der Waals surface area (Å²) in [5.41, 5.74) is 0. The lowest BCUT2D eigenvalue weighted by molar-refractivity contribution is -0.141. The number of fused-ring (bicyclic) bond motifs is 1. The number of nitrogens with one attached hydrogen (secondary N) is 1. The number of ether oxygens (including phenoxy) is 1. The van der Waals surface area contributed by atoms with Gasteiger partial charge in [-0.2, -0.15) is 0 Å². The van der Waals surface area contributed by atoms with Gasteiger partial charge in [0.05, 0.1) is 11.6 Å². The van der Waals surface area contributed by atoms with Crippen LogP contribution in [0, 0.1) is 0 Å². The molecule has 2 rings (SSSR count). The van der Waals surface area contributed by atoms with Gasteiger partial charge in [0, 0.05) is 15.1 Å². The maximum atomic E-state index is 12.0. The van der Waals surface area contributed by atoms with Crippen LogP contribution in [0.15, 0.2) is 18.2 Å². The minimum atomic E-state index is -0.485. The highest BCUT2D eigenvalue weighted by Gasteiger charge is 2.18. The number of amides is 1. The predicted octanol–water partition coefficient (Wildman–Crippen LogP) is 3.50. The summed E-state index contributed by atoms with van der Waals surface area (Å²) in [4.78, 5) is 23.6. The van der Waals surface area contributed by atoms with Crippen LogP contribution in [0.2, 0.25) is 10.0 Å². The van der Waals surface area contributed by atoms with Gasteiger partial charge in [-0.15, -0.1) is 11.3 Å². The van der Waals surface area contributed by atoms with Crippen LogP contribution in [-0.4, -0.2) is 25.0 Å². The maximum Gasteiger partial charge on any atom is 0.325 e. The van der Waals surface area contributed by atoms with Crippen molar-refractivity contribution in [1.82, 2.24) is 5.32 Å². The quantitative estimate of drug-likeness (QED) is 0.872. The molecule has 0 aliphatic heterocycles. The minimum absolute atomic E-state index is 0.183. The van der Waals surface area contributed by atoms with Crippen molar-refractivity contribution < 1.29 is 14.3 Å². The van der Waals surface area contributed by atoms with Gasteiger partial charge in [0.15, 0.2) is 0 Å². The number of hydrogen-bond donors (Lipinski definition) is 1. The molecule has 1 heterocycles. The summed E-state index contributed by atoms with van der Waals surface area (Å²) in [6.07, 6.45) is 0. The molecule has 0 spiro atoms. The Labute approximate surface area is 129 Å². The predicted molar refractivity (Wildman–Crippen MR) is 80.8 cm³/mol. The van der Waals surface area contributed by atoms with Crippen molar-refractivity contribution in [1.29, 1.82) is 0 Å². The topological polar surface area (TPSA) is 55.4 Å². The summed E-state index contributed by atoms with van der Waals surface area (Å²) in [6, 6.07) is 5.22. The summed E-state index contributed by atoms with van der Waals surface area (Å²) < 4.78 is 5.56. The Morgan fingerprint density at radius 3 is 2.80 bits per heavy atom. The average Bonchev–Trinajstić information content (AvgIpc) is 2.73. The van der Waals surface area contributed by atoms with E-state index in [-0.39, 0.29) is 13.2 Å². The molecule has 20 heavy (non-hydrogen) atoms. The van der Waals surface area contributed by atoms with Gasteiger partial charge in [-0.05, 0) is 19.1 Å². The van der Waals surface area contributed by atoms with Gasteiger partial charge in [0.25, 0.3) is 5.91 Å². The molecule has 0 aliphatic carbocycles. The number of hydrogen-bond acceptors (Lipinski definition) is 4. The number of carbonyl (C=O) groups is 2. The summed E-state index contributed by atoms with van der Waals surface area (Å²) in [7, 11) is 0. The zero-order chi connectivity index (χ0) is 14.7. The standard InChI is InChI=1S/C13H11Cl2NO3S/c1-2-19-10(17)6-16-13(18)12-11(15)8-4-3-7(14)5-9(8)20-12/h3-5H,2,6H2,1H3,(H,16,18). The van der Waals surface area contributed by atoms with Crippen LogP contribution in [0.5, 0.6) is 0 Å². The van der Waals surface area contributed by atoms with E-state index in [9.17, 15) is 9.59 Å². The molecule has 0 saturated heterocycles. The Morgan fingerprint density at radius 1 is 1.35 bits per heavy atom. The summed E-state index contributed by atoms with van der Waals surface area (Å²) in [6.45, 7) is 1.79. The highest BCUT2D eigenvalue weighted by atomic mass is 35.5. The molecule has 0 unspecified atom stereocenters. The highest BCUT2D eigenvalue weighted by Crippen LogP contribution is 2.36. The normalized spacial score (nSPS) is 10.6. The Hall–Kier alpha value is -1.30. The molecule has 4 nitrogen and oxygen atoms in total. The number of thiophene rings is 1. The van der Waals surface area contributed by atoms with E-state index in [0.717, 1.165) is 10.1 Å². The van der Waals surface area contributed by atoms with Crippen LogP contribution in [0.3, 0.4) is 0 Å². The molecular weight excluding hydrogens is 321 g/mol. The summed E-state index contributed by atoms with van der Waals surface area (Å²) >= 11 is 13.3. The van der Waals surface area contributed by atoms with Crippen LogP contribution >= 0.6 is 34.5 Å². The third kappa shape index (κ3) is 3.23. The first-order valence-electron chi connectivity index (χ1n) is 5.84. The molecule has 106 valence electrons. The lowest BCUT2D eigenvalue weighted by atomic mass is 10.2. The Balaban J connectivity index is 2.18. The van der Waals surface area contributed by atoms with Crippen molar-refractivity contribution in [2.24, 2.45) is 0 Å². The van der Waals surface area contributed by atoms with E-state index in [2.05, 4.69) is 5.32 Å². The average molecular weight is 332 g/mol. The van der Waals surface area contributed by atoms with E-state index in [1.54, 1.807) is 25.1 Å². The SMILES string of the molecule is CCOC(=O)CNC(=O)c1sc2cc(Cl)ccc2c1Cl. The van der Waals surface area contributed by atoms with Gasteiger partial charge >= 0.3 is 5.97 Å². The van der Waals surface area contributed by atoms with Crippen molar-refractivity contribution in [2.45, 2.75) is 6.92 Å². The third-order valence-electron chi connectivity index (χ3n) is 2.50. The molecule has 1 amide bonds. The lowest BCUT2D eigenvalue weighted by Gasteiger charge is -2.03. The summed E-state index contributed by atoms with van der Waals surface area (Å²) in [5.74, 6) is -0.887. The number of rotatable bonds is 4. The van der Waals surface area contributed by atoms with Crippen LogP contribution in [-0.2, 0) is 9.53 Å². The fourth-order valence-corrected chi connectivity index (χ4v) is 3.34. The fourth-order valence-electron chi connectivity index (χ4n) is 1.63. The molecule has 0 atom stereocenters. The van der Waals surface area contributed by atoms with Crippen molar-refractivity contribution >= 4 is 56.5 Å². The molecule has 0 saturated carbocycles. The second-order valence-corrected chi connectivity index (χ2v) is 5.74. The van der Waals surface area contributed by atoms with E-state index in [0.29, 0.717) is 14.9 Å². The zero-order valence-corrected chi connectivity index (χ0v) is 12.9. The number of benzene rings is 1. The number of esters is 1. The van der Waals surface area contributed by atoms with Gasteiger partial charge in [-0.1, -0.05) is 29.3 Å². The van der Waals surface area contributed by atoms with Gasteiger partial charge < -0.3 is 10.1 Å². The molecule has 0 aliphatic rings. The van der Waals surface area contributed by atoms with Gasteiger partial charge in [0.2, 0.25) is 0 Å². The minimum Gasteiger partial charge on any atom is -0.465 e. The van der Waals surface area contributed by atoms with Crippen molar-refractivity contribution in [3.63, 3.8) is 0 Å². The van der Waals surface area contributed by atoms with Crippen molar-refractivity contribution in [3.05, 3.63) is 33.1 Å². The molecule has 2 aromatic rings. The van der Waals surface area contributed by atoms with E-state index in [4.69, 9.17) is 27.9 Å². The zero-order valence-electron chi connectivity index (χ0n) is 10.5. The molecule has 0 bridgehead atoms. The first kappa shape index (κ1) is 15.1. The fraction of sp³-hybridized carbons (Fsp3) is 0.231.